The van der Waals surface area contributed by atoms with Crippen molar-refractivity contribution in [2.45, 2.75) is 6.92 Å². The third-order valence-corrected chi connectivity index (χ3v) is 2.67. The topological polar surface area (TPSA) is 97.2 Å². The Morgan fingerprint density at radius 3 is 2.95 bits per heavy atom. The van der Waals surface area contributed by atoms with Crippen LogP contribution < -0.4 is 4.74 Å². The van der Waals surface area contributed by atoms with Gasteiger partial charge in [0, 0.05) is 16.5 Å². The summed E-state index contributed by atoms with van der Waals surface area (Å²) in [5.74, 6) is 0.00168. The van der Waals surface area contributed by atoms with Crippen LogP contribution >= 0.6 is 0 Å². The van der Waals surface area contributed by atoms with Crippen molar-refractivity contribution in [1.29, 1.82) is 0 Å². The Labute approximate surface area is 114 Å². The van der Waals surface area contributed by atoms with Gasteiger partial charge in [0.1, 0.15) is 5.75 Å². The van der Waals surface area contributed by atoms with Crippen LogP contribution in [0.15, 0.2) is 29.5 Å². The van der Waals surface area contributed by atoms with E-state index in [0.29, 0.717) is 23.3 Å². The second kappa shape index (κ2) is 5.90. The predicted octanol–water partition coefficient (Wildman–Crippen LogP) is 3.36. The Balaban J connectivity index is 2.74. The molecule has 0 amide bonds. The van der Waals surface area contributed by atoms with Gasteiger partial charge in [0.05, 0.1) is 30.5 Å². The zero-order valence-electron chi connectivity index (χ0n) is 11.0. The standard InChI is InChI=1S/C13H12N4O3/c1-3-20-8-4-5-11-9(6-8)12(16-17-14)10(7-15-11)13(18)19-2/h4-7H,3H2,1-2H3. The third kappa shape index (κ3) is 2.48. The lowest BCUT2D eigenvalue weighted by Gasteiger charge is -2.09. The van der Waals surface area contributed by atoms with Crippen LogP contribution in [0.25, 0.3) is 21.3 Å². The van der Waals surface area contributed by atoms with Crippen LogP contribution in [-0.4, -0.2) is 24.7 Å². The third-order valence-electron chi connectivity index (χ3n) is 2.67. The number of benzene rings is 1. The van der Waals surface area contributed by atoms with Gasteiger partial charge in [-0.1, -0.05) is 5.11 Å². The van der Waals surface area contributed by atoms with Gasteiger partial charge >= 0.3 is 5.97 Å². The quantitative estimate of drug-likeness (QED) is 0.369. The average Bonchev–Trinajstić information content (AvgIpc) is 2.47. The average molecular weight is 272 g/mol. The molecule has 0 unspecified atom stereocenters. The predicted molar refractivity (Wildman–Crippen MR) is 73.1 cm³/mol. The molecule has 7 nitrogen and oxygen atoms in total. The van der Waals surface area contributed by atoms with E-state index >= 15 is 0 Å². The maximum absolute atomic E-state index is 11.7. The number of hydrogen-bond donors (Lipinski definition) is 0. The molecule has 2 aromatic rings. The number of rotatable bonds is 4. The summed E-state index contributed by atoms with van der Waals surface area (Å²) >= 11 is 0. The first-order valence-corrected chi connectivity index (χ1v) is 5.90. The minimum atomic E-state index is -0.608. The lowest BCUT2D eigenvalue weighted by Crippen LogP contribution is -2.02. The van der Waals surface area contributed by atoms with Gasteiger partial charge < -0.3 is 9.47 Å². The highest BCUT2D eigenvalue weighted by Gasteiger charge is 2.15. The van der Waals surface area contributed by atoms with E-state index in [4.69, 9.17) is 10.3 Å². The largest absolute Gasteiger partial charge is 0.494 e. The molecule has 2 rings (SSSR count). The molecule has 1 aromatic carbocycles. The maximum Gasteiger partial charge on any atom is 0.339 e. The Bertz CT molecular complexity index is 708. The van der Waals surface area contributed by atoms with Gasteiger partial charge in [0.15, 0.2) is 0 Å². The van der Waals surface area contributed by atoms with E-state index in [0.717, 1.165) is 0 Å². The van der Waals surface area contributed by atoms with Crippen molar-refractivity contribution in [3.8, 4) is 5.75 Å². The van der Waals surface area contributed by atoms with Crippen molar-refractivity contribution in [3.05, 3.63) is 40.4 Å². The van der Waals surface area contributed by atoms with Crippen molar-refractivity contribution < 1.29 is 14.3 Å². The SMILES string of the molecule is CCOc1ccc2ncc(C(=O)OC)c(N=[N+]=[N-])c2c1. The zero-order chi connectivity index (χ0) is 14.5. The molecule has 0 radical (unpaired) electrons. The highest BCUT2D eigenvalue weighted by molar-refractivity contribution is 6.03. The van der Waals surface area contributed by atoms with E-state index in [2.05, 4.69) is 19.7 Å². The second-order valence-corrected chi connectivity index (χ2v) is 3.81. The van der Waals surface area contributed by atoms with Gasteiger partial charge in [-0.05, 0) is 30.7 Å². The van der Waals surface area contributed by atoms with Gasteiger partial charge in [-0.3, -0.25) is 4.98 Å². The lowest BCUT2D eigenvalue weighted by atomic mass is 10.1. The van der Waals surface area contributed by atoms with Crippen molar-refractivity contribution in [1.82, 2.24) is 4.98 Å². The number of azide groups is 1. The number of nitrogens with zero attached hydrogens (tertiary/aromatic N) is 4. The van der Waals surface area contributed by atoms with E-state index < -0.39 is 5.97 Å². The fraction of sp³-hybridized carbons (Fsp3) is 0.231. The van der Waals surface area contributed by atoms with E-state index in [1.165, 1.54) is 13.3 Å². The molecule has 20 heavy (non-hydrogen) atoms. The van der Waals surface area contributed by atoms with Gasteiger partial charge in [0.25, 0.3) is 0 Å². The van der Waals surface area contributed by atoms with Gasteiger partial charge in [-0.15, -0.1) is 0 Å². The number of methoxy groups -OCH3 is 1. The van der Waals surface area contributed by atoms with Gasteiger partial charge in [-0.25, -0.2) is 4.79 Å². The van der Waals surface area contributed by atoms with Crippen LogP contribution in [0.1, 0.15) is 17.3 Å². The summed E-state index contributed by atoms with van der Waals surface area (Å²) in [4.78, 5) is 18.6. The lowest BCUT2D eigenvalue weighted by molar-refractivity contribution is 0.0601. The fourth-order valence-corrected chi connectivity index (χ4v) is 1.83. The number of fused-ring (bicyclic) bond motifs is 1. The molecule has 0 saturated carbocycles. The van der Waals surface area contributed by atoms with Crippen molar-refractivity contribution >= 4 is 22.6 Å². The summed E-state index contributed by atoms with van der Waals surface area (Å²) in [6.45, 7) is 2.37. The van der Waals surface area contributed by atoms with Crippen molar-refractivity contribution in [3.63, 3.8) is 0 Å². The highest BCUT2D eigenvalue weighted by Crippen LogP contribution is 2.32. The molecular weight excluding hydrogens is 260 g/mol. The molecular formula is C13H12N4O3. The molecule has 102 valence electrons. The summed E-state index contributed by atoms with van der Waals surface area (Å²) in [5.41, 5.74) is 9.59. The summed E-state index contributed by atoms with van der Waals surface area (Å²) in [6, 6.07) is 5.18. The number of aromatic nitrogens is 1. The maximum atomic E-state index is 11.7. The number of carbonyl (C=O) groups excluding carboxylic acids is 1. The zero-order valence-corrected chi connectivity index (χ0v) is 11.0. The van der Waals surface area contributed by atoms with E-state index in [9.17, 15) is 4.79 Å². The van der Waals surface area contributed by atoms with Crippen LogP contribution in [0.3, 0.4) is 0 Å². The molecule has 0 spiro atoms. The first kappa shape index (κ1) is 13.6. The number of carbonyl (C=O) groups is 1. The molecule has 0 aliphatic heterocycles. The summed E-state index contributed by atoms with van der Waals surface area (Å²) in [7, 11) is 1.25. The van der Waals surface area contributed by atoms with E-state index in [1.54, 1.807) is 18.2 Å². The van der Waals surface area contributed by atoms with Crippen molar-refractivity contribution in [2.24, 2.45) is 5.11 Å². The number of pyridine rings is 1. The molecule has 1 heterocycles. The summed E-state index contributed by atoms with van der Waals surface area (Å²) in [6.07, 6.45) is 1.33. The fourth-order valence-electron chi connectivity index (χ4n) is 1.83. The molecule has 1 aromatic heterocycles. The Morgan fingerprint density at radius 1 is 1.50 bits per heavy atom. The van der Waals surface area contributed by atoms with Crippen LogP contribution in [0, 0.1) is 0 Å². The summed E-state index contributed by atoms with van der Waals surface area (Å²) in [5, 5.41) is 4.13. The number of esters is 1. The van der Waals surface area contributed by atoms with E-state index in [-0.39, 0.29) is 11.3 Å². The molecule has 0 aliphatic rings. The number of ether oxygens (including phenoxy) is 2. The number of hydrogen-bond acceptors (Lipinski definition) is 5. The molecule has 0 N–H and O–H groups in total. The molecule has 7 heteroatoms. The van der Waals surface area contributed by atoms with Gasteiger partial charge in [-0.2, -0.15) is 0 Å². The van der Waals surface area contributed by atoms with E-state index in [1.807, 2.05) is 6.92 Å². The van der Waals surface area contributed by atoms with Crippen molar-refractivity contribution in [2.75, 3.05) is 13.7 Å². The first-order chi connectivity index (χ1) is 9.71. The van der Waals surface area contributed by atoms with Crippen LogP contribution in [0.4, 0.5) is 5.69 Å². The molecule has 0 aliphatic carbocycles. The Morgan fingerprint density at radius 2 is 2.30 bits per heavy atom. The molecule has 0 bridgehead atoms. The smallest absolute Gasteiger partial charge is 0.339 e. The highest BCUT2D eigenvalue weighted by atomic mass is 16.5. The van der Waals surface area contributed by atoms with Crippen LogP contribution in [0.2, 0.25) is 0 Å². The monoisotopic (exact) mass is 272 g/mol. The molecule has 0 atom stereocenters. The Hall–Kier alpha value is -2.79. The Kier molecular flexibility index (Phi) is 4.02. The second-order valence-electron chi connectivity index (χ2n) is 3.81. The van der Waals surface area contributed by atoms with Crippen LogP contribution in [0.5, 0.6) is 5.75 Å². The minimum absolute atomic E-state index is 0.117. The molecule has 0 saturated heterocycles. The normalized spacial score (nSPS) is 9.90. The minimum Gasteiger partial charge on any atom is -0.494 e. The van der Waals surface area contributed by atoms with Crippen LogP contribution in [-0.2, 0) is 4.74 Å². The summed E-state index contributed by atoms with van der Waals surface area (Å²) < 4.78 is 10.1. The molecule has 0 fully saturated rings. The van der Waals surface area contributed by atoms with Gasteiger partial charge in [0.2, 0.25) is 0 Å². The first-order valence-electron chi connectivity index (χ1n) is 5.90.